The largest absolute Gasteiger partial charge is 0.381 e. The molecule has 1 N–H and O–H groups in total. The van der Waals surface area contributed by atoms with E-state index in [0.717, 1.165) is 57.5 Å². The van der Waals surface area contributed by atoms with Gasteiger partial charge in [-0.25, -0.2) is 0 Å². The lowest BCUT2D eigenvalue weighted by atomic mass is 10.1. The Bertz CT molecular complexity index is 572. The van der Waals surface area contributed by atoms with Gasteiger partial charge < -0.3 is 14.6 Å². The number of fused-ring (bicyclic) bond motifs is 1. The van der Waals surface area contributed by atoms with Gasteiger partial charge >= 0.3 is 0 Å². The zero-order valence-electron chi connectivity index (χ0n) is 12.5. The molecule has 0 aromatic carbocycles. The third kappa shape index (κ3) is 3.43. The van der Waals surface area contributed by atoms with Crippen molar-refractivity contribution in [2.75, 3.05) is 26.3 Å². The summed E-state index contributed by atoms with van der Waals surface area (Å²) >= 11 is 0. The molecule has 0 spiro atoms. The van der Waals surface area contributed by atoms with E-state index < -0.39 is 0 Å². The van der Waals surface area contributed by atoms with Gasteiger partial charge in [0.25, 0.3) is 0 Å². The molecule has 8 heteroatoms. The molecule has 1 unspecified atom stereocenters. The average molecular weight is 304 g/mol. The summed E-state index contributed by atoms with van der Waals surface area (Å²) in [5.41, 5.74) is 0. The second-order valence-corrected chi connectivity index (χ2v) is 5.76. The molecule has 1 fully saturated rings. The van der Waals surface area contributed by atoms with E-state index in [1.165, 1.54) is 0 Å². The highest BCUT2D eigenvalue weighted by Gasteiger charge is 2.25. The minimum atomic E-state index is -0.279. The summed E-state index contributed by atoms with van der Waals surface area (Å²) in [7, 11) is 0. The fourth-order valence-corrected chi connectivity index (χ4v) is 2.96. The van der Waals surface area contributed by atoms with Crippen molar-refractivity contribution in [3.05, 3.63) is 11.6 Å². The lowest BCUT2D eigenvalue weighted by Crippen LogP contribution is -2.38. The lowest BCUT2D eigenvalue weighted by molar-refractivity contribution is -0.120. The number of nitrogens with zero attached hydrogens (tertiary/aromatic N) is 5. The van der Waals surface area contributed by atoms with Crippen molar-refractivity contribution in [1.82, 2.24) is 25.0 Å². The standard InChI is InChI=1S/C14H20N6O2/c15-3-1-14(21)16-7-12-17-18-13-9-19(4-5-20(12)13)8-11-2-6-22-10-11/h11H,1-2,4-10H2,(H,16,21). The average Bonchev–Trinajstić information content (AvgIpc) is 3.15. The first-order valence-electron chi connectivity index (χ1n) is 7.61. The fourth-order valence-electron chi connectivity index (χ4n) is 2.96. The molecule has 118 valence electrons. The Kier molecular flexibility index (Phi) is 4.65. The van der Waals surface area contributed by atoms with Gasteiger partial charge in [-0.2, -0.15) is 5.26 Å². The van der Waals surface area contributed by atoms with Crippen LogP contribution in [-0.2, 0) is 29.2 Å². The second kappa shape index (κ2) is 6.85. The number of nitriles is 1. The monoisotopic (exact) mass is 304 g/mol. The summed E-state index contributed by atoms with van der Waals surface area (Å²) in [5.74, 6) is 2.04. The Morgan fingerprint density at radius 2 is 2.36 bits per heavy atom. The van der Waals surface area contributed by atoms with Crippen LogP contribution in [0.3, 0.4) is 0 Å². The van der Waals surface area contributed by atoms with Gasteiger partial charge in [0.05, 0.1) is 25.8 Å². The summed E-state index contributed by atoms with van der Waals surface area (Å²) in [5, 5.41) is 19.6. The molecule has 0 aliphatic carbocycles. The first-order valence-corrected chi connectivity index (χ1v) is 7.61. The van der Waals surface area contributed by atoms with Crippen molar-refractivity contribution in [2.45, 2.75) is 32.5 Å². The molecule has 1 atom stereocenters. The van der Waals surface area contributed by atoms with Crippen LogP contribution < -0.4 is 5.32 Å². The number of nitrogens with one attached hydrogen (secondary N) is 1. The maximum atomic E-state index is 11.3. The van der Waals surface area contributed by atoms with Crippen LogP contribution in [0.25, 0.3) is 0 Å². The molecule has 0 bridgehead atoms. The second-order valence-electron chi connectivity index (χ2n) is 5.76. The van der Waals surface area contributed by atoms with Gasteiger partial charge in [0.2, 0.25) is 5.91 Å². The van der Waals surface area contributed by atoms with Crippen molar-refractivity contribution in [1.29, 1.82) is 5.26 Å². The number of carbonyl (C=O) groups excluding carboxylic acids is 1. The van der Waals surface area contributed by atoms with E-state index in [1.807, 2.05) is 6.07 Å². The smallest absolute Gasteiger partial charge is 0.234 e. The maximum Gasteiger partial charge on any atom is 0.234 e. The highest BCUT2D eigenvalue weighted by Crippen LogP contribution is 2.18. The first kappa shape index (κ1) is 14.9. The van der Waals surface area contributed by atoms with Gasteiger partial charge in [0, 0.05) is 26.2 Å². The van der Waals surface area contributed by atoms with Crippen LogP contribution >= 0.6 is 0 Å². The predicted octanol–water partition coefficient (Wildman–Crippen LogP) is -0.340. The molecule has 0 radical (unpaired) electrons. The van der Waals surface area contributed by atoms with E-state index in [2.05, 4.69) is 25.0 Å². The Hall–Kier alpha value is -1.98. The Labute approximate surface area is 129 Å². The molecule has 2 aliphatic rings. The number of hydrogen-bond donors (Lipinski definition) is 1. The van der Waals surface area contributed by atoms with Crippen LogP contribution in [0.1, 0.15) is 24.5 Å². The highest BCUT2D eigenvalue weighted by molar-refractivity contribution is 5.77. The summed E-state index contributed by atoms with van der Waals surface area (Å²) < 4.78 is 7.49. The summed E-state index contributed by atoms with van der Waals surface area (Å²) in [4.78, 5) is 13.7. The number of hydrogen-bond acceptors (Lipinski definition) is 6. The van der Waals surface area contributed by atoms with Crippen LogP contribution in [0.5, 0.6) is 0 Å². The molecule has 1 aromatic rings. The van der Waals surface area contributed by atoms with Crippen molar-refractivity contribution in [2.24, 2.45) is 5.92 Å². The number of amides is 1. The molecular formula is C14H20N6O2. The Morgan fingerprint density at radius 3 is 3.14 bits per heavy atom. The van der Waals surface area contributed by atoms with Crippen molar-refractivity contribution in [3.63, 3.8) is 0 Å². The molecule has 0 saturated carbocycles. The lowest BCUT2D eigenvalue weighted by Gasteiger charge is -2.29. The van der Waals surface area contributed by atoms with Gasteiger partial charge in [0.1, 0.15) is 12.2 Å². The van der Waals surface area contributed by atoms with Gasteiger partial charge in [-0.3, -0.25) is 9.69 Å². The summed E-state index contributed by atoms with van der Waals surface area (Å²) in [6.07, 6.45) is 1.01. The van der Waals surface area contributed by atoms with Crippen LogP contribution in [0.4, 0.5) is 0 Å². The number of aromatic nitrogens is 3. The van der Waals surface area contributed by atoms with E-state index >= 15 is 0 Å². The minimum absolute atomic E-state index is 0.127. The van der Waals surface area contributed by atoms with E-state index in [-0.39, 0.29) is 12.3 Å². The quantitative estimate of drug-likeness (QED) is 0.799. The molecule has 8 nitrogen and oxygen atoms in total. The zero-order valence-corrected chi connectivity index (χ0v) is 12.5. The third-order valence-corrected chi connectivity index (χ3v) is 4.13. The zero-order chi connectivity index (χ0) is 15.4. The normalized spacial score (nSPS) is 21.3. The molecular weight excluding hydrogens is 284 g/mol. The van der Waals surface area contributed by atoms with E-state index in [4.69, 9.17) is 10.00 Å². The molecule has 2 aliphatic heterocycles. The fraction of sp³-hybridized carbons (Fsp3) is 0.714. The van der Waals surface area contributed by atoms with Crippen molar-refractivity contribution < 1.29 is 9.53 Å². The summed E-state index contributed by atoms with van der Waals surface area (Å²) in [6.45, 7) is 5.68. The molecule has 3 heterocycles. The summed E-state index contributed by atoms with van der Waals surface area (Å²) in [6, 6.07) is 1.83. The van der Waals surface area contributed by atoms with Crippen molar-refractivity contribution in [3.8, 4) is 6.07 Å². The topological polar surface area (TPSA) is 96.1 Å². The maximum absolute atomic E-state index is 11.3. The van der Waals surface area contributed by atoms with E-state index in [0.29, 0.717) is 12.5 Å². The van der Waals surface area contributed by atoms with Gasteiger partial charge in [-0.15, -0.1) is 10.2 Å². The van der Waals surface area contributed by atoms with Gasteiger partial charge in [0.15, 0.2) is 5.82 Å². The van der Waals surface area contributed by atoms with E-state index in [9.17, 15) is 4.79 Å². The molecule has 3 rings (SSSR count). The SMILES string of the molecule is N#CCC(=O)NCc1nnc2n1CCN(CC1CCOC1)C2. The highest BCUT2D eigenvalue weighted by atomic mass is 16.5. The molecule has 1 aromatic heterocycles. The molecule has 1 amide bonds. The number of rotatable bonds is 5. The number of ether oxygens (including phenoxy) is 1. The Morgan fingerprint density at radius 1 is 1.45 bits per heavy atom. The molecule has 22 heavy (non-hydrogen) atoms. The predicted molar refractivity (Wildman–Crippen MR) is 76.3 cm³/mol. The van der Waals surface area contributed by atoms with Crippen LogP contribution in [0, 0.1) is 17.2 Å². The molecule has 1 saturated heterocycles. The number of carbonyl (C=O) groups is 1. The van der Waals surface area contributed by atoms with Gasteiger partial charge in [-0.1, -0.05) is 0 Å². The Balaban J connectivity index is 1.55. The van der Waals surface area contributed by atoms with Crippen LogP contribution in [-0.4, -0.2) is 51.9 Å². The third-order valence-electron chi connectivity index (χ3n) is 4.13. The van der Waals surface area contributed by atoms with Crippen molar-refractivity contribution >= 4 is 5.91 Å². The van der Waals surface area contributed by atoms with Crippen LogP contribution in [0.15, 0.2) is 0 Å². The van der Waals surface area contributed by atoms with Gasteiger partial charge in [-0.05, 0) is 12.3 Å². The minimum Gasteiger partial charge on any atom is -0.381 e. The first-order chi connectivity index (χ1) is 10.8. The van der Waals surface area contributed by atoms with Crippen LogP contribution in [0.2, 0.25) is 0 Å². The van der Waals surface area contributed by atoms with E-state index in [1.54, 1.807) is 0 Å².